The molecule has 1 aliphatic heterocycles. The minimum Gasteiger partial charge on any atom is -0.315 e. The minimum atomic E-state index is 0.718. The molecule has 1 N–H and O–H groups in total. The molecule has 1 saturated heterocycles. The standard InChI is InChI=1S/C10H15BrN2S/c1-13(9-2-3-12-5-9)6-10-4-8(11)7-14-10/h4,7,9,12H,2-3,5-6H2,1H3. The van der Waals surface area contributed by atoms with E-state index in [1.807, 2.05) is 11.3 Å². The lowest BCUT2D eigenvalue weighted by Gasteiger charge is -2.22. The molecular weight excluding hydrogens is 260 g/mol. The van der Waals surface area contributed by atoms with Crippen molar-refractivity contribution in [1.29, 1.82) is 0 Å². The number of nitrogens with one attached hydrogen (secondary N) is 1. The summed E-state index contributed by atoms with van der Waals surface area (Å²) >= 11 is 5.31. The third-order valence-corrected chi connectivity index (χ3v) is 4.37. The summed E-state index contributed by atoms with van der Waals surface area (Å²) in [5.41, 5.74) is 0. The number of likely N-dealkylation sites (N-methyl/N-ethyl adjacent to an activating group) is 1. The van der Waals surface area contributed by atoms with Gasteiger partial charge in [-0.05, 0) is 42.0 Å². The fraction of sp³-hybridized carbons (Fsp3) is 0.600. The van der Waals surface area contributed by atoms with Crippen LogP contribution in [0.5, 0.6) is 0 Å². The zero-order valence-corrected chi connectivity index (χ0v) is 10.7. The predicted molar refractivity (Wildman–Crippen MR) is 64.8 cm³/mol. The van der Waals surface area contributed by atoms with E-state index in [1.54, 1.807) is 0 Å². The minimum absolute atomic E-state index is 0.718. The first-order valence-electron chi connectivity index (χ1n) is 4.89. The van der Waals surface area contributed by atoms with Crippen LogP contribution in [-0.2, 0) is 6.54 Å². The second kappa shape index (κ2) is 4.75. The Labute approximate surface area is 97.4 Å². The lowest BCUT2D eigenvalue weighted by atomic mass is 10.2. The van der Waals surface area contributed by atoms with Crippen molar-refractivity contribution < 1.29 is 0 Å². The average Bonchev–Trinajstić information content (AvgIpc) is 2.75. The van der Waals surface area contributed by atoms with Crippen molar-refractivity contribution >= 4 is 27.3 Å². The van der Waals surface area contributed by atoms with E-state index in [0.29, 0.717) is 0 Å². The fourth-order valence-electron chi connectivity index (χ4n) is 1.83. The number of thiophene rings is 1. The summed E-state index contributed by atoms with van der Waals surface area (Å²) < 4.78 is 1.20. The molecular formula is C10H15BrN2S. The highest BCUT2D eigenvalue weighted by atomic mass is 79.9. The van der Waals surface area contributed by atoms with Crippen LogP contribution in [0.15, 0.2) is 15.9 Å². The molecule has 0 aliphatic carbocycles. The largest absolute Gasteiger partial charge is 0.315 e. The first kappa shape index (κ1) is 10.6. The Morgan fingerprint density at radius 1 is 1.71 bits per heavy atom. The maximum atomic E-state index is 3.49. The van der Waals surface area contributed by atoms with Gasteiger partial charge in [-0.3, -0.25) is 4.90 Å². The normalized spacial score (nSPS) is 22.1. The molecule has 1 unspecified atom stereocenters. The van der Waals surface area contributed by atoms with Gasteiger partial charge in [-0.15, -0.1) is 11.3 Å². The summed E-state index contributed by atoms with van der Waals surface area (Å²) in [5, 5.41) is 5.55. The maximum absolute atomic E-state index is 3.49. The predicted octanol–water partition coefficient (Wildman–Crippen LogP) is 2.30. The first-order chi connectivity index (χ1) is 6.75. The fourth-order valence-corrected chi connectivity index (χ4v) is 3.34. The molecule has 2 nitrogen and oxygen atoms in total. The van der Waals surface area contributed by atoms with Crippen LogP contribution < -0.4 is 5.32 Å². The maximum Gasteiger partial charge on any atom is 0.0328 e. The van der Waals surface area contributed by atoms with Gasteiger partial charge in [0.05, 0.1) is 0 Å². The van der Waals surface area contributed by atoms with Gasteiger partial charge in [0.2, 0.25) is 0 Å². The number of hydrogen-bond donors (Lipinski definition) is 1. The van der Waals surface area contributed by atoms with Crippen LogP contribution in [0, 0.1) is 0 Å². The average molecular weight is 275 g/mol. The highest BCUT2D eigenvalue weighted by molar-refractivity contribution is 9.10. The van der Waals surface area contributed by atoms with Crippen molar-refractivity contribution in [1.82, 2.24) is 10.2 Å². The van der Waals surface area contributed by atoms with E-state index < -0.39 is 0 Å². The van der Waals surface area contributed by atoms with Gasteiger partial charge in [0, 0.05) is 33.9 Å². The van der Waals surface area contributed by atoms with Gasteiger partial charge in [0.1, 0.15) is 0 Å². The Bertz CT molecular complexity index is 294. The Morgan fingerprint density at radius 3 is 3.14 bits per heavy atom. The van der Waals surface area contributed by atoms with Gasteiger partial charge in [-0.1, -0.05) is 0 Å². The lowest BCUT2D eigenvalue weighted by Crippen LogP contribution is -2.32. The summed E-state index contributed by atoms with van der Waals surface area (Å²) in [6, 6.07) is 2.93. The van der Waals surface area contributed by atoms with E-state index in [4.69, 9.17) is 0 Å². The van der Waals surface area contributed by atoms with Crippen LogP contribution >= 0.6 is 27.3 Å². The van der Waals surface area contributed by atoms with E-state index in [1.165, 1.54) is 22.3 Å². The van der Waals surface area contributed by atoms with E-state index in [-0.39, 0.29) is 0 Å². The van der Waals surface area contributed by atoms with Gasteiger partial charge in [-0.2, -0.15) is 0 Å². The van der Waals surface area contributed by atoms with Crippen LogP contribution in [0.3, 0.4) is 0 Å². The summed E-state index contributed by atoms with van der Waals surface area (Å²) in [6.07, 6.45) is 1.28. The van der Waals surface area contributed by atoms with Gasteiger partial charge in [0.15, 0.2) is 0 Å². The molecule has 0 amide bonds. The highest BCUT2D eigenvalue weighted by Gasteiger charge is 2.19. The van der Waals surface area contributed by atoms with Crippen LogP contribution in [-0.4, -0.2) is 31.1 Å². The molecule has 1 aliphatic rings. The van der Waals surface area contributed by atoms with Crippen molar-refractivity contribution in [3.8, 4) is 0 Å². The highest BCUT2D eigenvalue weighted by Crippen LogP contribution is 2.22. The molecule has 1 aromatic heterocycles. The van der Waals surface area contributed by atoms with Crippen molar-refractivity contribution in [2.45, 2.75) is 19.0 Å². The molecule has 78 valence electrons. The lowest BCUT2D eigenvalue weighted by molar-refractivity contribution is 0.251. The number of hydrogen-bond acceptors (Lipinski definition) is 3. The van der Waals surface area contributed by atoms with Gasteiger partial charge in [-0.25, -0.2) is 0 Å². The molecule has 1 fully saturated rings. The molecule has 1 aromatic rings. The van der Waals surface area contributed by atoms with E-state index in [0.717, 1.165) is 19.1 Å². The van der Waals surface area contributed by atoms with Gasteiger partial charge >= 0.3 is 0 Å². The smallest absolute Gasteiger partial charge is 0.0328 e. The number of halogens is 1. The summed E-state index contributed by atoms with van der Waals surface area (Å²) in [7, 11) is 2.21. The third-order valence-electron chi connectivity index (χ3n) is 2.68. The molecule has 14 heavy (non-hydrogen) atoms. The molecule has 1 atom stereocenters. The van der Waals surface area contributed by atoms with Crippen molar-refractivity contribution in [2.75, 3.05) is 20.1 Å². The van der Waals surface area contributed by atoms with Crippen LogP contribution in [0.4, 0.5) is 0 Å². The Morgan fingerprint density at radius 2 is 2.57 bits per heavy atom. The van der Waals surface area contributed by atoms with Gasteiger partial charge < -0.3 is 5.32 Å². The quantitative estimate of drug-likeness (QED) is 0.910. The Hall–Kier alpha value is 0.1000. The first-order valence-corrected chi connectivity index (χ1v) is 6.57. The van der Waals surface area contributed by atoms with E-state index in [2.05, 4.69) is 44.6 Å². The Balaban J connectivity index is 1.90. The molecule has 0 radical (unpaired) electrons. The summed E-state index contributed by atoms with van der Waals surface area (Å²) in [5.74, 6) is 0. The van der Waals surface area contributed by atoms with Crippen molar-refractivity contribution in [3.05, 3.63) is 20.8 Å². The molecule has 0 bridgehead atoms. The number of nitrogens with zero attached hydrogens (tertiary/aromatic N) is 1. The molecule has 2 rings (SSSR count). The second-order valence-electron chi connectivity index (χ2n) is 3.79. The zero-order valence-electron chi connectivity index (χ0n) is 8.29. The van der Waals surface area contributed by atoms with E-state index >= 15 is 0 Å². The van der Waals surface area contributed by atoms with Crippen molar-refractivity contribution in [2.24, 2.45) is 0 Å². The summed E-state index contributed by atoms with van der Waals surface area (Å²) in [6.45, 7) is 3.38. The van der Waals surface area contributed by atoms with E-state index in [9.17, 15) is 0 Å². The van der Waals surface area contributed by atoms with Gasteiger partial charge in [0.25, 0.3) is 0 Å². The van der Waals surface area contributed by atoms with Crippen LogP contribution in [0.25, 0.3) is 0 Å². The molecule has 2 heterocycles. The van der Waals surface area contributed by atoms with Crippen molar-refractivity contribution in [3.63, 3.8) is 0 Å². The second-order valence-corrected chi connectivity index (χ2v) is 5.70. The molecule has 4 heteroatoms. The third kappa shape index (κ3) is 2.57. The van der Waals surface area contributed by atoms with Crippen LogP contribution in [0.1, 0.15) is 11.3 Å². The summed E-state index contributed by atoms with van der Waals surface area (Å²) in [4.78, 5) is 3.88. The topological polar surface area (TPSA) is 15.3 Å². The Kier molecular flexibility index (Phi) is 3.60. The molecule has 0 spiro atoms. The van der Waals surface area contributed by atoms with Crippen LogP contribution in [0.2, 0.25) is 0 Å². The zero-order chi connectivity index (χ0) is 9.97. The number of rotatable bonds is 3. The molecule has 0 aromatic carbocycles. The molecule has 0 saturated carbocycles. The SMILES string of the molecule is CN(Cc1cc(Br)cs1)C1CCNC1. The monoisotopic (exact) mass is 274 g/mol.